The molecule has 3 saturated heterocycles. The summed E-state index contributed by atoms with van der Waals surface area (Å²) in [5, 5.41) is -0.516. The molecule has 0 aromatic heterocycles. The molecule has 0 bridgehead atoms. The number of morpholine rings is 1. The molecule has 4 rings (SSSR count). The lowest BCUT2D eigenvalue weighted by molar-refractivity contribution is -0.139. The number of halogens is 1. The van der Waals surface area contributed by atoms with Crippen molar-refractivity contribution >= 4 is 40.6 Å². The number of hydrogen-bond donors (Lipinski definition) is 0. The molecule has 0 aliphatic carbocycles. The Kier molecular flexibility index (Phi) is 6.38. The van der Waals surface area contributed by atoms with Gasteiger partial charge in [-0.25, -0.2) is 4.39 Å². The lowest BCUT2D eigenvalue weighted by Crippen LogP contribution is -2.46. The van der Waals surface area contributed by atoms with Crippen molar-refractivity contribution in [3.05, 3.63) is 34.5 Å². The molecular formula is C21H24FN3O4S. The highest BCUT2D eigenvalue weighted by Crippen LogP contribution is 2.33. The van der Waals surface area contributed by atoms with Gasteiger partial charge in [0.25, 0.3) is 11.1 Å². The second-order valence-electron chi connectivity index (χ2n) is 7.51. The van der Waals surface area contributed by atoms with Crippen molar-refractivity contribution in [2.45, 2.75) is 19.3 Å². The number of ether oxygens (including phenoxy) is 1. The molecule has 0 unspecified atom stereocenters. The molecule has 160 valence electrons. The fraction of sp³-hybridized carbons (Fsp3) is 0.476. The number of amides is 3. The minimum atomic E-state index is -0.564. The fourth-order valence-electron chi connectivity index (χ4n) is 3.81. The van der Waals surface area contributed by atoms with Crippen molar-refractivity contribution in [2.24, 2.45) is 0 Å². The standard InChI is InChI=1S/C21H24FN3O4S/c22-17-13-16(23-6-2-1-3-7-23)5-4-15(17)12-18-20(27)25(21(28)30-18)14-19(26)24-8-10-29-11-9-24/h4-5,12-13H,1-3,6-11,14H2/b18-12+. The minimum absolute atomic E-state index is 0.124. The number of benzene rings is 1. The Hall–Kier alpha value is -2.39. The highest BCUT2D eigenvalue weighted by molar-refractivity contribution is 8.18. The molecule has 30 heavy (non-hydrogen) atoms. The Balaban J connectivity index is 1.45. The van der Waals surface area contributed by atoms with Crippen LogP contribution in [0.3, 0.4) is 0 Å². The monoisotopic (exact) mass is 433 g/mol. The van der Waals surface area contributed by atoms with E-state index in [1.165, 1.54) is 18.6 Å². The summed E-state index contributed by atoms with van der Waals surface area (Å²) >= 11 is 0.732. The molecule has 0 spiro atoms. The van der Waals surface area contributed by atoms with Crippen molar-refractivity contribution < 1.29 is 23.5 Å². The summed E-state index contributed by atoms with van der Waals surface area (Å²) in [6.45, 7) is 3.29. The minimum Gasteiger partial charge on any atom is -0.378 e. The summed E-state index contributed by atoms with van der Waals surface area (Å²) in [6.07, 6.45) is 4.78. The third kappa shape index (κ3) is 4.52. The first-order chi connectivity index (χ1) is 14.5. The van der Waals surface area contributed by atoms with Crippen LogP contribution < -0.4 is 4.90 Å². The van der Waals surface area contributed by atoms with E-state index in [1.54, 1.807) is 11.0 Å². The van der Waals surface area contributed by atoms with E-state index < -0.39 is 17.0 Å². The maximum absolute atomic E-state index is 14.7. The smallest absolute Gasteiger partial charge is 0.294 e. The first kappa shape index (κ1) is 20.9. The molecule has 3 aliphatic rings. The van der Waals surface area contributed by atoms with Crippen molar-refractivity contribution in [3.63, 3.8) is 0 Å². The third-order valence-electron chi connectivity index (χ3n) is 5.52. The van der Waals surface area contributed by atoms with Crippen LogP contribution in [0, 0.1) is 5.82 Å². The van der Waals surface area contributed by atoms with Crippen LogP contribution in [0.25, 0.3) is 6.08 Å². The Morgan fingerprint density at radius 1 is 1.10 bits per heavy atom. The van der Waals surface area contributed by atoms with E-state index in [0.29, 0.717) is 26.3 Å². The van der Waals surface area contributed by atoms with E-state index >= 15 is 0 Å². The molecule has 0 N–H and O–H groups in total. The topological polar surface area (TPSA) is 70.2 Å². The van der Waals surface area contributed by atoms with Gasteiger partial charge in [0.05, 0.1) is 18.1 Å². The van der Waals surface area contributed by atoms with E-state index in [1.807, 2.05) is 6.07 Å². The van der Waals surface area contributed by atoms with Crippen LogP contribution in [-0.4, -0.2) is 72.8 Å². The zero-order chi connectivity index (χ0) is 21.1. The van der Waals surface area contributed by atoms with Crippen LogP contribution in [0.15, 0.2) is 23.1 Å². The third-order valence-corrected chi connectivity index (χ3v) is 6.43. The molecule has 3 fully saturated rings. The summed E-state index contributed by atoms with van der Waals surface area (Å²) < 4.78 is 19.9. The van der Waals surface area contributed by atoms with Gasteiger partial charge in [-0.3, -0.25) is 19.3 Å². The number of thioether (sulfide) groups is 1. The molecule has 3 heterocycles. The molecule has 3 amide bonds. The van der Waals surface area contributed by atoms with E-state index in [0.717, 1.165) is 48.3 Å². The molecule has 9 heteroatoms. The molecule has 0 saturated carbocycles. The van der Waals surface area contributed by atoms with Crippen molar-refractivity contribution in [1.82, 2.24) is 9.80 Å². The number of piperidine rings is 1. The van der Waals surface area contributed by atoms with Gasteiger partial charge in [0.2, 0.25) is 5.91 Å². The Bertz CT molecular complexity index is 879. The molecule has 1 aromatic rings. The number of anilines is 1. The summed E-state index contributed by atoms with van der Waals surface area (Å²) in [6, 6.07) is 4.95. The van der Waals surface area contributed by atoms with Crippen LogP contribution in [0.4, 0.5) is 14.9 Å². The summed E-state index contributed by atoms with van der Waals surface area (Å²) in [7, 11) is 0. The van der Waals surface area contributed by atoms with Crippen LogP contribution in [0.1, 0.15) is 24.8 Å². The first-order valence-electron chi connectivity index (χ1n) is 10.2. The lowest BCUT2D eigenvalue weighted by atomic mass is 10.1. The normalized spacial score (nSPS) is 21.6. The van der Waals surface area contributed by atoms with Gasteiger partial charge in [-0.1, -0.05) is 0 Å². The van der Waals surface area contributed by atoms with Gasteiger partial charge in [0.15, 0.2) is 0 Å². The molecule has 1 aromatic carbocycles. The Morgan fingerprint density at radius 2 is 1.83 bits per heavy atom. The van der Waals surface area contributed by atoms with Gasteiger partial charge in [-0.05, 0) is 55.3 Å². The zero-order valence-corrected chi connectivity index (χ0v) is 17.5. The van der Waals surface area contributed by atoms with Crippen molar-refractivity contribution in [2.75, 3.05) is 50.8 Å². The number of carbonyl (C=O) groups excluding carboxylic acids is 3. The average molecular weight is 434 g/mol. The van der Waals surface area contributed by atoms with Gasteiger partial charge in [0.1, 0.15) is 12.4 Å². The molecular weight excluding hydrogens is 409 g/mol. The van der Waals surface area contributed by atoms with Crippen LogP contribution in [0.5, 0.6) is 0 Å². The largest absolute Gasteiger partial charge is 0.378 e. The van der Waals surface area contributed by atoms with E-state index in [4.69, 9.17) is 4.74 Å². The number of carbonyl (C=O) groups is 3. The Morgan fingerprint density at radius 3 is 2.53 bits per heavy atom. The maximum Gasteiger partial charge on any atom is 0.294 e. The van der Waals surface area contributed by atoms with E-state index in [9.17, 15) is 18.8 Å². The summed E-state index contributed by atoms with van der Waals surface area (Å²) in [4.78, 5) is 42.1. The number of imide groups is 1. The van der Waals surface area contributed by atoms with Crippen molar-refractivity contribution in [1.29, 1.82) is 0 Å². The second-order valence-corrected chi connectivity index (χ2v) is 8.51. The number of hydrogen-bond acceptors (Lipinski definition) is 6. The first-order valence-corrected chi connectivity index (χ1v) is 11.0. The molecule has 7 nitrogen and oxygen atoms in total. The molecule has 0 atom stereocenters. The molecule has 0 radical (unpaired) electrons. The highest BCUT2D eigenvalue weighted by Gasteiger charge is 2.37. The number of rotatable bonds is 4. The van der Waals surface area contributed by atoms with E-state index in [2.05, 4.69) is 4.90 Å². The second kappa shape index (κ2) is 9.18. The summed E-state index contributed by atoms with van der Waals surface area (Å²) in [5.41, 5.74) is 1.08. The fourth-order valence-corrected chi connectivity index (χ4v) is 4.64. The maximum atomic E-state index is 14.7. The predicted octanol–water partition coefficient (Wildman–Crippen LogP) is 2.71. The predicted molar refractivity (Wildman–Crippen MR) is 113 cm³/mol. The van der Waals surface area contributed by atoms with Crippen LogP contribution >= 0.6 is 11.8 Å². The number of nitrogens with zero attached hydrogens (tertiary/aromatic N) is 3. The van der Waals surface area contributed by atoms with Gasteiger partial charge in [-0.2, -0.15) is 0 Å². The quantitative estimate of drug-likeness (QED) is 0.680. The van der Waals surface area contributed by atoms with Crippen LogP contribution in [0.2, 0.25) is 0 Å². The highest BCUT2D eigenvalue weighted by atomic mass is 32.2. The van der Waals surface area contributed by atoms with Gasteiger partial charge >= 0.3 is 0 Å². The van der Waals surface area contributed by atoms with Gasteiger partial charge < -0.3 is 14.5 Å². The summed E-state index contributed by atoms with van der Waals surface area (Å²) in [5.74, 6) is -1.29. The van der Waals surface area contributed by atoms with Crippen LogP contribution in [-0.2, 0) is 14.3 Å². The SMILES string of the molecule is O=C(CN1C(=O)S/C(=C/c2ccc(N3CCCCC3)cc2F)C1=O)N1CCOCC1. The zero-order valence-electron chi connectivity index (χ0n) is 16.6. The Labute approximate surface area is 178 Å². The van der Waals surface area contributed by atoms with Gasteiger partial charge in [0, 0.05) is 37.4 Å². The average Bonchev–Trinajstić information content (AvgIpc) is 3.03. The van der Waals surface area contributed by atoms with E-state index in [-0.39, 0.29) is 22.9 Å². The van der Waals surface area contributed by atoms with Gasteiger partial charge in [-0.15, -0.1) is 0 Å². The molecule has 3 aliphatic heterocycles. The lowest BCUT2D eigenvalue weighted by Gasteiger charge is -2.28. The van der Waals surface area contributed by atoms with Crippen molar-refractivity contribution in [3.8, 4) is 0 Å².